The largest absolute Gasteiger partial charge is 0.301 e. The number of sulfonamides is 1. The van der Waals surface area contributed by atoms with Crippen LogP contribution in [-0.4, -0.2) is 34.0 Å². The fraction of sp³-hybridized carbons (Fsp3) is 0.333. The minimum absolute atomic E-state index is 0.0121. The molecule has 0 fully saturated rings. The summed E-state index contributed by atoms with van der Waals surface area (Å²) in [7, 11) is 0.283. The maximum absolute atomic E-state index is 12.4. The van der Waals surface area contributed by atoms with Crippen LogP contribution in [0.3, 0.4) is 0 Å². The summed E-state index contributed by atoms with van der Waals surface area (Å²) < 4.78 is 27.5. The van der Waals surface area contributed by atoms with Crippen LogP contribution in [0.15, 0.2) is 39.9 Å². The van der Waals surface area contributed by atoms with Crippen LogP contribution < -0.4 is 4.72 Å². The van der Waals surface area contributed by atoms with Gasteiger partial charge in [-0.15, -0.1) is 0 Å². The van der Waals surface area contributed by atoms with Crippen molar-refractivity contribution in [2.75, 3.05) is 20.6 Å². The van der Waals surface area contributed by atoms with Crippen LogP contribution in [0.25, 0.3) is 0 Å². The lowest BCUT2D eigenvalue weighted by molar-refractivity contribution is 0.300. The second kappa shape index (κ2) is 7.10. The summed E-state index contributed by atoms with van der Waals surface area (Å²) in [6.45, 7) is 2.14. The lowest BCUT2D eigenvalue weighted by Gasteiger charge is -2.24. The quantitative estimate of drug-likeness (QED) is 0.862. The van der Waals surface area contributed by atoms with Gasteiger partial charge in [-0.25, -0.2) is 13.1 Å². The van der Waals surface area contributed by atoms with Gasteiger partial charge in [0.05, 0.1) is 4.90 Å². The van der Waals surface area contributed by atoms with Crippen LogP contribution >= 0.6 is 22.9 Å². The second-order valence-corrected chi connectivity index (χ2v) is 8.25. The van der Waals surface area contributed by atoms with Crippen molar-refractivity contribution in [3.8, 4) is 0 Å². The van der Waals surface area contributed by atoms with E-state index in [2.05, 4.69) is 4.72 Å². The highest BCUT2D eigenvalue weighted by molar-refractivity contribution is 7.89. The summed E-state index contributed by atoms with van der Waals surface area (Å²) in [5.41, 5.74) is 1.95. The summed E-state index contributed by atoms with van der Waals surface area (Å²) in [4.78, 5) is 2.18. The third-order valence-corrected chi connectivity index (χ3v) is 6.00. The summed E-state index contributed by atoms with van der Waals surface area (Å²) in [6, 6.07) is 6.75. The van der Waals surface area contributed by atoms with E-state index in [9.17, 15) is 8.42 Å². The minimum Gasteiger partial charge on any atom is -0.301 e. The third kappa shape index (κ3) is 4.08. The van der Waals surface area contributed by atoms with Crippen molar-refractivity contribution in [2.45, 2.75) is 17.9 Å². The van der Waals surface area contributed by atoms with E-state index in [0.717, 1.165) is 11.1 Å². The van der Waals surface area contributed by atoms with Crippen LogP contribution in [0.1, 0.15) is 17.2 Å². The van der Waals surface area contributed by atoms with Crippen LogP contribution in [0, 0.1) is 6.92 Å². The molecular weight excluding hydrogens is 340 g/mol. The van der Waals surface area contributed by atoms with Crippen LogP contribution in [-0.2, 0) is 10.0 Å². The minimum atomic E-state index is -3.58. The van der Waals surface area contributed by atoms with Gasteiger partial charge in [0, 0.05) is 17.6 Å². The van der Waals surface area contributed by atoms with Gasteiger partial charge >= 0.3 is 0 Å². The molecule has 4 nitrogen and oxygen atoms in total. The standard InChI is InChI=1S/C15H19ClN2O2S2/c1-11-4-5-13(8-14(11)16)22(19,20)17-9-15(18(2)3)12-6-7-21-10-12/h4-8,10,15,17H,9H2,1-3H3/t15-/m0/s1. The van der Waals surface area contributed by atoms with Gasteiger partial charge in [0.2, 0.25) is 10.0 Å². The molecular formula is C15H19ClN2O2S2. The monoisotopic (exact) mass is 358 g/mol. The Morgan fingerprint density at radius 3 is 2.59 bits per heavy atom. The van der Waals surface area contributed by atoms with Gasteiger partial charge in [0.1, 0.15) is 0 Å². The van der Waals surface area contributed by atoms with Crippen molar-refractivity contribution in [1.82, 2.24) is 9.62 Å². The Morgan fingerprint density at radius 1 is 1.32 bits per heavy atom. The number of aryl methyl sites for hydroxylation is 1. The lowest BCUT2D eigenvalue weighted by atomic mass is 10.1. The van der Waals surface area contributed by atoms with Crippen LogP contribution in [0.4, 0.5) is 0 Å². The first kappa shape index (κ1) is 17.4. The van der Waals surface area contributed by atoms with E-state index in [0.29, 0.717) is 11.6 Å². The van der Waals surface area contributed by atoms with Crippen molar-refractivity contribution >= 4 is 33.0 Å². The number of thiophene rings is 1. The fourth-order valence-corrected chi connectivity index (χ4v) is 4.09. The third-order valence-electron chi connectivity index (χ3n) is 3.47. The van der Waals surface area contributed by atoms with Crippen molar-refractivity contribution in [3.63, 3.8) is 0 Å². The molecule has 0 aliphatic rings. The predicted molar refractivity (Wildman–Crippen MR) is 92.1 cm³/mol. The molecule has 1 aromatic carbocycles. The Morgan fingerprint density at radius 2 is 2.05 bits per heavy atom. The van der Waals surface area contributed by atoms with E-state index in [1.807, 2.05) is 42.7 Å². The maximum Gasteiger partial charge on any atom is 0.240 e. The summed E-state index contributed by atoms with van der Waals surface area (Å²) in [5.74, 6) is 0. The summed E-state index contributed by atoms with van der Waals surface area (Å²) >= 11 is 7.61. The summed E-state index contributed by atoms with van der Waals surface area (Å²) in [5, 5.41) is 4.46. The van der Waals surface area contributed by atoms with Gasteiger partial charge in [-0.05, 0) is 61.1 Å². The highest BCUT2D eigenvalue weighted by atomic mass is 35.5. The van der Waals surface area contributed by atoms with E-state index in [-0.39, 0.29) is 10.9 Å². The van der Waals surface area contributed by atoms with Crippen LogP contribution in [0.2, 0.25) is 5.02 Å². The number of halogens is 1. The molecule has 0 bridgehead atoms. The topological polar surface area (TPSA) is 49.4 Å². The van der Waals surface area contributed by atoms with Crippen molar-refractivity contribution in [3.05, 3.63) is 51.2 Å². The highest BCUT2D eigenvalue weighted by Gasteiger charge is 2.20. The average molecular weight is 359 g/mol. The van der Waals surface area contributed by atoms with E-state index >= 15 is 0 Å². The molecule has 0 aliphatic carbocycles. The lowest BCUT2D eigenvalue weighted by Crippen LogP contribution is -2.34. The molecule has 1 heterocycles. The van der Waals surface area contributed by atoms with Gasteiger partial charge < -0.3 is 4.90 Å². The normalized spacial score (nSPS) is 13.5. The number of benzene rings is 1. The molecule has 0 unspecified atom stereocenters. The highest BCUT2D eigenvalue weighted by Crippen LogP contribution is 2.22. The Bertz CT molecular complexity index is 728. The van der Waals surface area contributed by atoms with E-state index in [1.54, 1.807) is 23.5 Å². The molecule has 0 radical (unpaired) electrons. The predicted octanol–water partition coefficient (Wildman–Crippen LogP) is 3.29. The molecule has 0 aliphatic heterocycles. The van der Waals surface area contributed by atoms with Crippen molar-refractivity contribution in [2.24, 2.45) is 0 Å². The SMILES string of the molecule is Cc1ccc(S(=O)(=O)NC[C@@H](c2ccsc2)N(C)C)cc1Cl. The molecule has 120 valence electrons. The average Bonchev–Trinajstić information content (AvgIpc) is 2.95. The number of nitrogens with zero attached hydrogens (tertiary/aromatic N) is 1. The first-order valence-electron chi connectivity index (χ1n) is 6.75. The summed E-state index contributed by atoms with van der Waals surface area (Å²) in [6.07, 6.45) is 0. The molecule has 22 heavy (non-hydrogen) atoms. The Hall–Kier alpha value is -0.920. The Labute approximate surface area is 140 Å². The second-order valence-electron chi connectivity index (χ2n) is 5.30. The Balaban J connectivity index is 2.16. The number of hydrogen-bond donors (Lipinski definition) is 1. The number of rotatable bonds is 6. The molecule has 2 aromatic rings. The van der Waals surface area contributed by atoms with Gasteiger partial charge in [0.25, 0.3) is 0 Å². The molecule has 0 amide bonds. The first-order valence-corrected chi connectivity index (χ1v) is 9.56. The van der Waals surface area contributed by atoms with Crippen molar-refractivity contribution < 1.29 is 8.42 Å². The maximum atomic E-state index is 12.4. The Kier molecular flexibility index (Phi) is 5.63. The molecule has 1 N–H and O–H groups in total. The van der Waals surface area contributed by atoms with E-state index < -0.39 is 10.0 Å². The molecule has 0 saturated heterocycles. The first-order chi connectivity index (χ1) is 10.3. The zero-order chi connectivity index (χ0) is 16.3. The van der Waals surface area contributed by atoms with Gasteiger partial charge in [0.15, 0.2) is 0 Å². The van der Waals surface area contributed by atoms with Crippen LogP contribution in [0.5, 0.6) is 0 Å². The smallest absolute Gasteiger partial charge is 0.240 e. The molecule has 1 aromatic heterocycles. The van der Waals surface area contributed by atoms with Gasteiger partial charge in [-0.3, -0.25) is 0 Å². The zero-order valence-corrected chi connectivity index (χ0v) is 15.1. The molecule has 1 atom stereocenters. The number of hydrogen-bond acceptors (Lipinski definition) is 4. The van der Waals surface area contributed by atoms with E-state index in [1.165, 1.54) is 6.07 Å². The molecule has 0 spiro atoms. The fourth-order valence-electron chi connectivity index (χ4n) is 2.08. The molecule has 7 heteroatoms. The van der Waals surface area contributed by atoms with Crippen molar-refractivity contribution in [1.29, 1.82) is 0 Å². The zero-order valence-electron chi connectivity index (χ0n) is 12.7. The number of likely N-dealkylation sites (N-methyl/N-ethyl adjacent to an activating group) is 1. The molecule has 0 saturated carbocycles. The van der Waals surface area contributed by atoms with Gasteiger partial charge in [-0.1, -0.05) is 17.7 Å². The molecule has 2 rings (SSSR count). The number of nitrogens with one attached hydrogen (secondary N) is 1. The van der Waals surface area contributed by atoms with E-state index in [4.69, 9.17) is 11.6 Å². The van der Waals surface area contributed by atoms with Gasteiger partial charge in [-0.2, -0.15) is 11.3 Å².